The number of ether oxygens (including phenoxy) is 1. The number of nitrogens with one attached hydrogen (secondary N) is 1. The van der Waals surface area contributed by atoms with E-state index in [-0.39, 0.29) is 6.04 Å². The maximum absolute atomic E-state index is 6.26. The van der Waals surface area contributed by atoms with E-state index in [1.165, 1.54) is 0 Å². The summed E-state index contributed by atoms with van der Waals surface area (Å²) in [4.78, 5) is 0. The van der Waals surface area contributed by atoms with Gasteiger partial charge in [0.25, 0.3) is 0 Å². The predicted octanol–water partition coefficient (Wildman–Crippen LogP) is 2.59. The zero-order valence-electron chi connectivity index (χ0n) is 10.7. The van der Waals surface area contributed by atoms with Crippen LogP contribution < -0.4 is 15.8 Å². The largest absolute Gasteiger partial charge is 0.497 e. The minimum absolute atomic E-state index is 0.229. The lowest BCUT2D eigenvalue weighted by molar-refractivity contribution is 0.413. The highest BCUT2D eigenvalue weighted by Crippen LogP contribution is 2.30. The van der Waals surface area contributed by atoms with Crippen LogP contribution in [0.25, 0.3) is 0 Å². The highest BCUT2D eigenvalue weighted by atomic mass is 35.5. The molecule has 2 atom stereocenters. The molecule has 3 nitrogen and oxygen atoms in total. The molecule has 0 aliphatic rings. The summed E-state index contributed by atoms with van der Waals surface area (Å²) >= 11 is 6.26. The van der Waals surface area contributed by atoms with Crippen molar-refractivity contribution in [2.45, 2.75) is 19.4 Å². The van der Waals surface area contributed by atoms with Crippen molar-refractivity contribution in [3.05, 3.63) is 28.8 Å². The number of hydrogen-bond acceptors (Lipinski definition) is 3. The summed E-state index contributed by atoms with van der Waals surface area (Å²) in [6.07, 6.45) is 0.971. The van der Waals surface area contributed by atoms with Crippen LogP contribution in [0, 0.1) is 5.92 Å². The summed E-state index contributed by atoms with van der Waals surface area (Å²) in [5.41, 5.74) is 6.75. The first kappa shape index (κ1) is 14.3. The van der Waals surface area contributed by atoms with Crippen molar-refractivity contribution in [2.75, 3.05) is 20.7 Å². The Morgan fingerprint density at radius 3 is 2.65 bits per heavy atom. The summed E-state index contributed by atoms with van der Waals surface area (Å²) in [6.45, 7) is 2.83. The molecule has 0 bridgehead atoms. The van der Waals surface area contributed by atoms with Crippen molar-refractivity contribution in [3.8, 4) is 5.75 Å². The molecule has 0 aromatic heterocycles. The maximum atomic E-state index is 6.26. The molecule has 17 heavy (non-hydrogen) atoms. The van der Waals surface area contributed by atoms with E-state index in [1.54, 1.807) is 7.11 Å². The first-order valence-corrected chi connectivity index (χ1v) is 6.21. The average molecular weight is 257 g/mol. The smallest absolute Gasteiger partial charge is 0.120 e. The molecule has 0 heterocycles. The number of nitrogens with two attached hydrogens (primary N) is 1. The van der Waals surface area contributed by atoms with Gasteiger partial charge in [0.1, 0.15) is 5.75 Å². The Labute approximate surface area is 108 Å². The van der Waals surface area contributed by atoms with Gasteiger partial charge >= 0.3 is 0 Å². The second-order valence-electron chi connectivity index (χ2n) is 4.31. The van der Waals surface area contributed by atoms with Crippen LogP contribution in [-0.2, 0) is 0 Å². The molecule has 0 amide bonds. The molecule has 2 unspecified atom stereocenters. The number of methoxy groups -OCH3 is 1. The lowest BCUT2D eigenvalue weighted by Gasteiger charge is -2.21. The summed E-state index contributed by atoms with van der Waals surface area (Å²) in [5.74, 6) is 1.24. The van der Waals surface area contributed by atoms with Gasteiger partial charge in [-0.25, -0.2) is 0 Å². The van der Waals surface area contributed by atoms with Crippen LogP contribution in [0.4, 0.5) is 0 Å². The highest BCUT2D eigenvalue weighted by Gasteiger charge is 2.16. The molecule has 0 fully saturated rings. The van der Waals surface area contributed by atoms with E-state index >= 15 is 0 Å². The molecule has 1 aromatic carbocycles. The second kappa shape index (κ2) is 6.84. The third-order valence-electron chi connectivity index (χ3n) is 2.97. The molecule has 4 heteroatoms. The Morgan fingerprint density at radius 2 is 2.18 bits per heavy atom. The van der Waals surface area contributed by atoms with Crippen molar-refractivity contribution in [3.63, 3.8) is 0 Å². The summed E-state index contributed by atoms with van der Waals surface area (Å²) in [6, 6.07) is 6.01. The quantitative estimate of drug-likeness (QED) is 0.823. The fourth-order valence-electron chi connectivity index (χ4n) is 1.82. The first-order valence-electron chi connectivity index (χ1n) is 5.83. The van der Waals surface area contributed by atoms with Gasteiger partial charge in [0.05, 0.1) is 7.11 Å². The third kappa shape index (κ3) is 3.87. The fraction of sp³-hybridized carbons (Fsp3) is 0.538. The molecule has 0 aliphatic heterocycles. The minimum atomic E-state index is 0.229. The Kier molecular flexibility index (Phi) is 5.75. The van der Waals surface area contributed by atoms with Crippen LogP contribution in [0.3, 0.4) is 0 Å². The molecule has 1 aromatic rings. The molecule has 0 saturated carbocycles. The third-order valence-corrected chi connectivity index (χ3v) is 3.30. The Morgan fingerprint density at radius 1 is 1.47 bits per heavy atom. The molecule has 3 N–H and O–H groups in total. The van der Waals surface area contributed by atoms with E-state index in [4.69, 9.17) is 22.1 Å². The lowest BCUT2D eigenvalue weighted by Crippen LogP contribution is -2.22. The second-order valence-corrected chi connectivity index (χ2v) is 4.71. The predicted molar refractivity (Wildman–Crippen MR) is 72.6 cm³/mol. The fourth-order valence-corrected chi connectivity index (χ4v) is 2.12. The number of hydrogen-bond donors (Lipinski definition) is 2. The standard InChI is InChI=1S/C13H21ClN2O/c1-9(8-15)6-13(16-2)11-5-4-10(17-3)7-12(11)14/h4-5,7,9,13,16H,6,8,15H2,1-3H3. The molecule has 0 radical (unpaired) electrons. The lowest BCUT2D eigenvalue weighted by atomic mass is 9.96. The van der Waals surface area contributed by atoms with Crippen LogP contribution in [0.15, 0.2) is 18.2 Å². The molecule has 0 spiro atoms. The van der Waals surface area contributed by atoms with Crippen molar-refractivity contribution >= 4 is 11.6 Å². The molecule has 0 aliphatic carbocycles. The Balaban J connectivity index is 2.88. The van der Waals surface area contributed by atoms with Gasteiger partial charge in [-0.3, -0.25) is 0 Å². The van der Waals surface area contributed by atoms with Crippen molar-refractivity contribution in [1.29, 1.82) is 0 Å². The molecule has 96 valence electrons. The SMILES string of the molecule is CNC(CC(C)CN)c1ccc(OC)cc1Cl. The van der Waals surface area contributed by atoms with Crippen molar-refractivity contribution in [2.24, 2.45) is 11.7 Å². The van der Waals surface area contributed by atoms with Gasteiger partial charge in [0.2, 0.25) is 0 Å². The molecule has 0 saturated heterocycles. The van der Waals surface area contributed by atoms with Crippen LogP contribution in [0.1, 0.15) is 24.9 Å². The van der Waals surface area contributed by atoms with Crippen LogP contribution in [0.2, 0.25) is 5.02 Å². The maximum Gasteiger partial charge on any atom is 0.120 e. The van der Waals surface area contributed by atoms with Gasteiger partial charge < -0.3 is 15.8 Å². The zero-order chi connectivity index (χ0) is 12.8. The first-order chi connectivity index (χ1) is 8.12. The van der Waals surface area contributed by atoms with Gasteiger partial charge in [0, 0.05) is 11.1 Å². The van der Waals surface area contributed by atoms with Gasteiger partial charge in [0.15, 0.2) is 0 Å². The van der Waals surface area contributed by atoms with Gasteiger partial charge in [-0.15, -0.1) is 0 Å². The number of halogens is 1. The average Bonchev–Trinajstić information content (AvgIpc) is 2.35. The monoisotopic (exact) mass is 256 g/mol. The molecule has 1 rings (SSSR count). The van der Waals surface area contributed by atoms with E-state index < -0.39 is 0 Å². The normalized spacial score (nSPS) is 14.4. The minimum Gasteiger partial charge on any atom is -0.497 e. The van der Waals surface area contributed by atoms with Crippen LogP contribution >= 0.6 is 11.6 Å². The van der Waals surface area contributed by atoms with Gasteiger partial charge in [-0.2, -0.15) is 0 Å². The van der Waals surface area contributed by atoms with E-state index in [2.05, 4.69) is 12.2 Å². The van der Waals surface area contributed by atoms with Crippen molar-refractivity contribution < 1.29 is 4.74 Å². The van der Waals surface area contributed by atoms with E-state index in [0.717, 1.165) is 22.8 Å². The Hall–Kier alpha value is -0.770. The number of benzene rings is 1. The topological polar surface area (TPSA) is 47.3 Å². The Bertz CT molecular complexity index is 357. The zero-order valence-corrected chi connectivity index (χ0v) is 11.4. The van der Waals surface area contributed by atoms with E-state index in [1.807, 2.05) is 25.2 Å². The van der Waals surface area contributed by atoms with Gasteiger partial charge in [-0.1, -0.05) is 24.6 Å². The summed E-state index contributed by atoms with van der Waals surface area (Å²) in [7, 11) is 3.58. The van der Waals surface area contributed by atoms with E-state index in [0.29, 0.717) is 12.5 Å². The van der Waals surface area contributed by atoms with E-state index in [9.17, 15) is 0 Å². The van der Waals surface area contributed by atoms with Crippen molar-refractivity contribution in [1.82, 2.24) is 5.32 Å². The summed E-state index contributed by atoms with van der Waals surface area (Å²) < 4.78 is 5.14. The molecular formula is C13H21ClN2O. The highest BCUT2D eigenvalue weighted by molar-refractivity contribution is 6.31. The molecular weight excluding hydrogens is 236 g/mol. The summed E-state index contributed by atoms with van der Waals surface area (Å²) in [5, 5.41) is 4.01. The number of rotatable bonds is 6. The van der Waals surface area contributed by atoms with Crippen LogP contribution in [0.5, 0.6) is 5.75 Å². The van der Waals surface area contributed by atoms with Gasteiger partial charge in [-0.05, 0) is 43.6 Å². The van der Waals surface area contributed by atoms with Crippen LogP contribution in [-0.4, -0.2) is 20.7 Å².